The van der Waals surface area contributed by atoms with Crippen molar-refractivity contribution in [3.05, 3.63) is 75.1 Å². The summed E-state index contributed by atoms with van der Waals surface area (Å²) in [5, 5.41) is 0.901. The molecule has 1 aromatic carbocycles. The Morgan fingerprint density at radius 1 is 1.20 bits per heavy atom. The number of aromatic nitrogens is 2. The lowest BCUT2D eigenvalue weighted by molar-refractivity contribution is 0.0342. The van der Waals surface area contributed by atoms with Crippen molar-refractivity contribution in [1.29, 1.82) is 0 Å². The molecule has 25 heavy (non-hydrogen) atoms. The van der Waals surface area contributed by atoms with Crippen molar-refractivity contribution < 1.29 is 9.53 Å². The fourth-order valence-corrected chi connectivity index (χ4v) is 3.54. The topological polar surface area (TPSA) is 61.2 Å². The molecule has 0 bridgehead atoms. The van der Waals surface area contributed by atoms with Crippen LogP contribution in [0.5, 0.6) is 0 Å². The molecule has 0 aliphatic carbocycles. The molecule has 3 aromatic rings. The number of hydrogen-bond donors (Lipinski definition) is 0. The molecule has 0 aliphatic heterocycles. The van der Waals surface area contributed by atoms with Crippen LogP contribution in [0.2, 0.25) is 0 Å². The van der Waals surface area contributed by atoms with Crippen molar-refractivity contribution in [3.63, 3.8) is 0 Å². The molecule has 128 valence electrons. The standard InChI is InChI=1S/C19H18N2O3S/c1-12-17(25-18(20-12)14-7-5-4-6-8-14)13(2)24-19(23)15-9-10-16(22)21(3)11-15/h4-11,13H,1-3H3/t13-/m1/s1. The molecule has 2 aromatic heterocycles. The summed E-state index contributed by atoms with van der Waals surface area (Å²) < 4.78 is 6.92. The largest absolute Gasteiger partial charge is 0.453 e. The van der Waals surface area contributed by atoms with E-state index in [0.717, 1.165) is 21.1 Å². The highest BCUT2D eigenvalue weighted by atomic mass is 32.1. The third-order valence-corrected chi connectivity index (χ3v) is 5.20. The van der Waals surface area contributed by atoms with Crippen molar-refractivity contribution in [2.24, 2.45) is 7.05 Å². The quantitative estimate of drug-likeness (QED) is 0.670. The van der Waals surface area contributed by atoms with Gasteiger partial charge in [-0.25, -0.2) is 9.78 Å². The summed E-state index contributed by atoms with van der Waals surface area (Å²) in [6.45, 7) is 3.74. The molecule has 5 nitrogen and oxygen atoms in total. The predicted molar refractivity (Wildman–Crippen MR) is 97.8 cm³/mol. The zero-order chi connectivity index (χ0) is 18.0. The maximum Gasteiger partial charge on any atom is 0.340 e. The number of ether oxygens (including phenoxy) is 1. The molecule has 0 fully saturated rings. The monoisotopic (exact) mass is 354 g/mol. The zero-order valence-corrected chi connectivity index (χ0v) is 15.0. The van der Waals surface area contributed by atoms with Gasteiger partial charge >= 0.3 is 5.97 Å². The summed E-state index contributed by atoms with van der Waals surface area (Å²) in [7, 11) is 1.60. The zero-order valence-electron chi connectivity index (χ0n) is 14.2. The molecule has 0 spiro atoms. The molecule has 6 heteroatoms. The predicted octanol–water partition coefficient (Wildman–Crippen LogP) is 3.74. The first kappa shape index (κ1) is 17.1. The second-order valence-corrected chi connectivity index (χ2v) is 6.78. The Bertz CT molecular complexity index is 960. The van der Waals surface area contributed by atoms with Gasteiger partial charge in [-0.2, -0.15) is 0 Å². The van der Waals surface area contributed by atoms with E-state index < -0.39 is 12.1 Å². The lowest BCUT2D eigenvalue weighted by Crippen LogP contribution is -2.18. The van der Waals surface area contributed by atoms with Gasteiger partial charge < -0.3 is 9.30 Å². The van der Waals surface area contributed by atoms with E-state index in [1.165, 1.54) is 34.2 Å². The Labute approximate surface area is 149 Å². The summed E-state index contributed by atoms with van der Waals surface area (Å²) in [5.41, 5.74) is 2.07. The molecule has 0 radical (unpaired) electrons. The first-order valence-electron chi connectivity index (χ1n) is 7.86. The van der Waals surface area contributed by atoms with Gasteiger partial charge in [-0.3, -0.25) is 4.79 Å². The lowest BCUT2D eigenvalue weighted by Gasteiger charge is -2.12. The van der Waals surface area contributed by atoms with E-state index in [1.807, 2.05) is 44.2 Å². The fraction of sp³-hybridized carbons (Fsp3) is 0.211. The molecule has 0 saturated carbocycles. The van der Waals surface area contributed by atoms with E-state index in [9.17, 15) is 9.59 Å². The average molecular weight is 354 g/mol. The van der Waals surface area contributed by atoms with Crippen LogP contribution in [-0.4, -0.2) is 15.5 Å². The minimum absolute atomic E-state index is 0.171. The van der Waals surface area contributed by atoms with Crippen molar-refractivity contribution >= 4 is 17.3 Å². The van der Waals surface area contributed by atoms with Gasteiger partial charge in [-0.05, 0) is 19.9 Å². The van der Waals surface area contributed by atoms with Crippen molar-refractivity contribution in [3.8, 4) is 10.6 Å². The summed E-state index contributed by atoms with van der Waals surface area (Å²) >= 11 is 1.52. The highest BCUT2D eigenvalue weighted by molar-refractivity contribution is 7.15. The number of nitrogens with zero attached hydrogens (tertiary/aromatic N) is 2. The van der Waals surface area contributed by atoms with Crippen LogP contribution in [0.15, 0.2) is 53.5 Å². The Balaban J connectivity index is 1.80. The normalized spacial score (nSPS) is 12.0. The Kier molecular flexibility index (Phi) is 4.81. The van der Waals surface area contributed by atoms with Gasteiger partial charge in [0.15, 0.2) is 0 Å². The lowest BCUT2D eigenvalue weighted by atomic mass is 10.2. The molecule has 0 amide bonds. The Morgan fingerprint density at radius 2 is 1.92 bits per heavy atom. The second-order valence-electron chi connectivity index (χ2n) is 5.75. The summed E-state index contributed by atoms with van der Waals surface area (Å²) in [5.74, 6) is -0.461. The van der Waals surface area contributed by atoms with E-state index >= 15 is 0 Å². The van der Waals surface area contributed by atoms with Gasteiger partial charge in [0.25, 0.3) is 0 Å². The molecule has 2 heterocycles. The van der Waals surface area contributed by atoms with Crippen molar-refractivity contribution in [2.45, 2.75) is 20.0 Å². The number of thiazole rings is 1. The van der Waals surface area contributed by atoms with Crippen LogP contribution in [0.25, 0.3) is 10.6 Å². The molecule has 0 N–H and O–H groups in total. The average Bonchev–Trinajstić information content (AvgIpc) is 3.00. The van der Waals surface area contributed by atoms with Gasteiger partial charge in [-0.1, -0.05) is 30.3 Å². The number of carbonyl (C=O) groups is 1. The van der Waals surface area contributed by atoms with Crippen LogP contribution in [-0.2, 0) is 11.8 Å². The van der Waals surface area contributed by atoms with Gasteiger partial charge in [-0.15, -0.1) is 11.3 Å². The van der Waals surface area contributed by atoms with Crippen molar-refractivity contribution in [2.75, 3.05) is 0 Å². The van der Waals surface area contributed by atoms with Crippen LogP contribution in [0.3, 0.4) is 0 Å². The van der Waals surface area contributed by atoms with Gasteiger partial charge in [0, 0.05) is 24.9 Å². The minimum atomic E-state index is -0.461. The van der Waals surface area contributed by atoms with E-state index in [1.54, 1.807) is 7.05 Å². The van der Waals surface area contributed by atoms with E-state index in [2.05, 4.69) is 4.98 Å². The van der Waals surface area contributed by atoms with Gasteiger partial charge in [0.1, 0.15) is 11.1 Å². The second kappa shape index (κ2) is 7.03. The van der Waals surface area contributed by atoms with Crippen LogP contribution < -0.4 is 5.56 Å². The number of hydrogen-bond acceptors (Lipinski definition) is 5. The first-order chi connectivity index (χ1) is 12.0. The van der Waals surface area contributed by atoms with Gasteiger partial charge in [0.2, 0.25) is 5.56 Å². The number of carbonyl (C=O) groups excluding carboxylic acids is 1. The number of esters is 1. The van der Waals surface area contributed by atoms with Crippen LogP contribution in [0, 0.1) is 6.92 Å². The number of rotatable bonds is 4. The summed E-state index contributed by atoms with van der Waals surface area (Å²) in [4.78, 5) is 29.3. The molecule has 0 unspecified atom stereocenters. The third-order valence-electron chi connectivity index (χ3n) is 3.83. The van der Waals surface area contributed by atoms with Crippen LogP contribution in [0.1, 0.15) is 34.0 Å². The van der Waals surface area contributed by atoms with Crippen LogP contribution in [0.4, 0.5) is 0 Å². The number of benzene rings is 1. The minimum Gasteiger partial charge on any atom is -0.453 e. The number of pyridine rings is 1. The van der Waals surface area contributed by atoms with E-state index in [4.69, 9.17) is 4.74 Å². The maximum absolute atomic E-state index is 12.3. The maximum atomic E-state index is 12.3. The molecule has 0 aliphatic rings. The highest BCUT2D eigenvalue weighted by Crippen LogP contribution is 2.33. The molecular formula is C19H18N2O3S. The number of aryl methyl sites for hydroxylation is 2. The smallest absolute Gasteiger partial charge is 0.340 e. The molecule has 1 atom stereocenters. The first-order valence-corrected chi connectivity index (χ1v) is 8.68. The van der Waals surface area contributed by atoms with Crippen molar-refractivity contribution in [1.82, 2.24) is 9.55 Å². The highest BCUT2D eigenvalue weighted by Gasteiger charge is 2.20. The van der Waals surface area contributed by atoms with E-state index in [0.29, 0.717) is 5.56 Å². The third kappa shape index (κ3) is 3.69. The summed E-state index contributed by atoms with van der Waals surface area (Å²) in [6, 6.07) is 12.7. The van der Waals surface area contributed by atoms with E-state index in [-0.39, 0.29) is 5.56 Å². The molecule has 0 saturated heterocycles. The summed E-state index contributed by atoms with van der Waals surface area (Å²) in [6.07, 6.45) is 1.06. The van der Waals surface area contributed by atoms with Crippen LogP contribution >= 0.6 is 11.3 Å². The molecular weight excluding hydrogens is 336 g/mol. The SMILES string of the molecule is Cc1nc(-c2ccccc2)sc1[C@@H](C)OC(=O)c1ccc(=O)n(C)c1. The molecule has 3 rings (SSSR count). The fourth-order valence-electron chi connectivity index (χ4n) is 2.49. The van der Waals surface area contributed by atoms with Gasteiger partial charge in [0.05, 0.1) is 16.1 Å². The Hall–Kier alpha value is -2.73. The Morgan fingerprint density at radius 3 is 2.60 bits per heavy atom.